The van der Waals surface area contributed by atoms with E-state index in [2.05, 4.69) is 10.1 Å². The Morgan fingerprint density at radius 2 is 1.83 bits per heavy atom. The maximum atomic E-state index is 11.9. The first kappa shape index (κ1) is 19.2. The molecule has 1 amide bonds. The Morgan fingerprint density at radius 1 is 1.21 bits per heavy atom. The molecule has 1 N–H and O–H groups in total. The lowest BCUT2D eigenvalue weighted by molar-refractivity contribution is -0.145. The van der Waals surface area contributed by atoms with Gasteiger partial charge < -0.3 is 14.8 Å². The molecule has 1 aromatic rings. The third-order valence-corrected chi connectivity index (χ3v) is 3.11. The highest BCUT2D eigenvalue weighted by atomic mass is 16.5. The van der Waals surface area contributed by atoms with Crippen LogP contribution in [-0.4, -0.2) is 37.6 Å². The lowest BCUT2D eigenvalue weighted by atomic mass is 10.0. The highest BCUT2D eigenvalue weighted by Crippen LogP contribution is 2.07. The van der Waals surface area contributed by atoms with Crippen LogP contribution in [0.2, 0.25) is 0 Å². The van der Waals surface area contributed by atoms with Crippen molar-refractivity contribution in [3.63, 3.8) is 0 Å². The van der Waals surface area contributed by atoms with Gasteiger partial charge in [-0.05, 0) is 36.6 Å². The van der Waals surface area contributed by atoms with Gasteiger partial charge in [-0.1, -0.05) is 13.8 Å². The third kappa shape index (κ3) is 6.08. The summed E-state index contributed by atoms with van der Waals surface area (Å²) in [6, 6.07) is 6.99. The molecule has 0 bridgehead atoms. The molecule has 0 aliphatic heterocycles. The summed E-state index contributed by atoms with van der Waals surface area (Å²) in [6.07, 6.45) is 0.419. The number of amides is 1. The van der Waals surface area contributed by atoms with Gasteiger partial charge in [-0.2, -0.15) is 5.26 Å². The average Bonchev–Trinajstić information content (AvgIpc) is 2.58. The van der Waals surface area contributed by atoms with Crippen LogP contribution >= 0.6 is 0 Å². The van der Waals surface area contributed by atoms with Crippen LogP contribution in [0.1, 0.15) is 36.2 Å². The molecule has 0 spiro atoms. The number of esters is 2. The first-order valence-electron chi connectivity index (χ1n) is 7.41. The first-order valence-corrected chi connectivity index (χ1v) is 7.41. The van der Waals surface area contributed by atoms with E-state index in [9.17, 15) is 14.4 Å². The van der Waals surface area contributed by atoms with Crippen molar-refractivity contribution < 1.29 is 23.9 Å². The number of nitrogens with one attached hydrogen (secondary N) is 1. The highest BCUT2D eigenvalue weighted by Gasteiger charge is 2.23. The lowest BCUT2D eigenvalue weighted by Gasteiger charge is -2.18. The molecule has 0 aliphatic carbocycles. The summed E-state index contributed by atoms with van der Waals surface area (Å²) in [5.41, 5.74) is 0.646. The van der Waals surface area contributed by atoms with Crippen LogP contribution in [0.15, 0.2) is 24.3 Å². The van der Waals surface area contributed by atoms with Crippen LogP contribution in [0.25, 0.3) is 0 Å². The van der Waals surface area contributed by atoms with Crippen LogP contribution in [0, 0.1) is 17.2 Å². The monoisotopic (exact) mass is 332 g/mol. The molecule has 1 aromatic carbocycles. The third-order valence-electron chi connectivity index (χ3n) is 3.11. The summed E-state index contributed by atoms with van der Waals surface area (Å²) in [7, 11) is 1.24. The lowest BCUT2D eigenvalue weighted by Crippen LogP contribution is -2.44. The summed E-state index contributed by atoms with van der Waals surface area (Å²) in [5, 5.41) is 11.2. The molecule has 0 aromatic heterocycles. The van der Waals surface area contributed by atoms with Gasteiger partial charge in [0.1, 0.15) is 6.04 Å². The summed E-state index contributed by atoms with van der Waals surface area (Å²) in [5.74, 6) is -1.65. The molecule has 7 nitrogen and oxygen atoms in total. The molecule has 0 aliphatic rings. The van der Waals surface area contributed by atoms with Gasteiger partial charge in [0.2, 0.25) is 0 Å². The highest BCUT2D eigenvalue weighted by molar-refractivity contribution is 5.92. The molecule has 7 heteroatoms. The molecule has 0 saturated carbocycles. The Morgan fingerprint density at radius 3 is 2.33 bits per heavy atom. The molecule has 0 unspecified atom stereocenters. The Labute approximate surface area is 140 Å². The van der Waals surface area contributed by atoms with E-state index in [1.54, 1.807) is 0 Å². The van der Waals surface area contributed by atoms with Gasteiger partial charge in [0.05, 0.1) is 24.3 Å². The molecule has 1 atom stereocenters. The molecule has 0 fully saturated rings. The average molecular weight is 332 g/mol. The number of carbonyl (C=O) groups is 3. The van der Waals surface area contributed by atoms with Crippen molar-refractivity contribution in [3.8, 4) is 6.07 Å². The zero-order valence-corrected chi connectivity index (χ0v) is 13.9. The Hall–Kier alpha value is -2.88. The van der Waals surface area contributed by atoms with E-state index in [1.165, 1.54) is 31.4 Å². The summed E-state index contributed by atoms with van der Waals surface area (Å²) in [6.45, 7) is 3.31. The Bertz CT molecular complexity index is 631. The van der Waals surface area contributed by atoms with Crippen LogP contribution in [0.5, 0.6) is 0 Å². The van der Waals surface area contributed by atoms with E-state index < -0.39 is 30.5 Å². The minimum atomic E-state index is -0.781. The molecule has 128 valence electrons. The number of nitriles is 1. The van der Waals surface area contributed by atoms with E-state index in [1.807, 2.05) is 19.9 Å². The van der Waals surface area contributed by atoms with Gasteiger partial charge in [-0.25, -0.2) is 9.59 Å². The summed E-state index contributed by atoms with van der Waals surface area (Å²) < 4.78 is 9.54. The topological polar surface area (TPSA) is 105 Å². The van der Waals surface area contributed by atoms with Gasteiger partial charge in [0, 0.05) is 0 Å². The largest absolute Gasteiger partial charge is 0.467 e. The maximum Gasteiger partial charge on any atom is 0.338 e. The number of nitrogens with zero attached hydrogens (tertiary/aromatic N) is 1. The molecule has 24 heavy (non-hydrogen) atoms. The number of ether oxygens (including phenoxy) is 2. The van der Waals surface area contributed by atoms with Gasteiger partial charge in [-0.3, -0.25) is 4.79 Å². The fraction of sp³-hybridized carbons (Fsp3) is 0.412. The molecule has 1 rings (SSSR count). The van der Waals surface area contributed by atoms with Crippen LogP contribution in [0.3, 0.4) is 0 Å². The van der Waals surface area contributed by atoms with E-state index in [0.717, 1.165) is 0 Å². The summed E-state index contributed by atoms with van der Waals surface area (Å²) in [4.78, 5) is 35.3. The maximum absolute atomic E-state index is 11.9. The Kier molecular flexibility index (Phi) is 7.43. The second kappa shape index (κ2) is 9.30. The van der Waals surface area contributed by atoms with E-state index in [0.29, 0.717) is 12.0 Å². The molecule has 0 heterocycles. The van der Waals surface area contributed by atoms with Crippen molar-refractivity contribution in [2.75, 3.05) is 13.7 Å². The number of benzene rings is 1. The van der Waals surface area contributed by atoms with E-state index in [-0.39, 0.29) is 11.5 Å². The minimum absolute atomic E-state index is 0.176. The van der Waals surface area contributed by atoms with Crippen molar-refractivity contribution in [2.24, 2.45) is 5.92 Å². The fourth-order valence-corrected chi connectivity index (χ4v) is 1.96. The molecular formula is C17H20N2O5. The molecule has 0 saturated heterocycles. The van der Waals surface area contributed by atoms with Gasteiger partial charge in [0.25, 0.3) is 5.91 Å². The van der Waals surface area contributed by atoms with Crippen molar-refractivity contribution in [2.45, 2.75) is 26.3 Å². The second-order valence-electron chi connectivity index (χ2n) is 5.54. The van der Waals surface area contributed by atoms with Crippen LogP contribution in [0.4, 0.5) is 0 Å². The zero-order chi connectivity index (χ0) is 18.1. The fourth-order valence-electron chi connectivity index (χ4n) is 1.96. The molecular weight excluding hydrogens is 312 g/mol. The second-order valence-corrected chi connectivity index (χ2v) is 5.54. The number of hydrogen-bond donors (Lipinski definition) is 1. The van der Waals surface area contributed by atoms with E-state index in [4.69, 9.17) is 10.00 Å². The number of methoxy groups -OCH3 is 1. The number of hydrogen-bond acceptors (Lipinski definition) is 6. The van der Waals surface area contributed by atoms with Gasteiger partial charge in [-0.15, -0.1) is 0 Å². The standard InChI is InChI=1S/C17H20N2O5/c1-11(2)8-14(17(22)23-3)19-15(20)10-24-16(21)13-6-4-12(9-18)5-7-13/h4-7,11,14H,8,10H2,1-3H3,(H,19,20)/t14-/m0/s1. The van der Waals surface area contributed by atoms with E-state index >= 15 is 0 Å². The van der Waals surface area contributed by atoms with Crippen LogP contribution in [-0.2, 0) is 19.1 Å². The van der Waals surface area contributed by atoms with Crippen molar-refractivity contribution in [1.29, 1.82) is 5.26 Å². The quantitative estimate of drug-likeness (QED) is 0.757. The van der Waals surface area contributed by atoms with Crippen molar-refractivity contribution in [3.05, 3.63) is 35.4 Å². The Balaban J connectivity index is 2.55. The zero-order valence-electron chi connectivity index (χ0n) is 13.9. The van der Waals surface area contributed by atoms with Crippen molar-refractivity contribution in [1.82, 2.24) is 5.32 Å². The predicted octanol–water partition coefficient (Wildman–Crippen LogP) is 1.42. The SMILES string of the molecule is COC(=O)[C@H](CC(C)C)NC(=O)COC(=O)c1ccc(C#N)cc1. The predicted molar refractivity (Wildman–Crippen MR) is 84.8 cm³/mol. The van der Waals surface area contributed by atoms with Gasteiger partial charge in [0.15, 0.2) is 6.61 Å². The van der Waals surface area contributed by atoms with Crippen LogP contribution < -0.4 is 5.32 Å². The molecule has 0 radical (unpaired) electrons. The number of carbonyl (C=O) groups excluding carboxylic acids is 3. The normalized spacial score (nSPS) is 11.3. The summed E-state index contributed by atoms with van der Waals surface area (Å²) >= 11 is 0. The smallest absolute Gasteiger partial charge is 0.338 e. The number of rotatable bonds is 7. The van der Waals surface area contributed by atoms with Gasteiger partial charge >= 0.3 is 11.9 Å². The van der Waals surface area contributed by atoms with Crippen molar-refractivity contribution >= 4 is 17.8 Å². The first-order chi connectivity index (χ1) is 11.4. The minimum Gasteiger partial charge on any atom is -0.467 e.